The van der Waals surface area contributed by atoms with Gasteiger partial charge in [0.1, 0.15) is 5.82 Å². The van der Waals surface area contributed by atoms with Crippen molar-refractivity contribution in [3.05, 3.63) is 29.6 Å². The van der Waals surface area contributed by atoms with E-state index in [4.69, 9.17) is 10.2 Å². The van der Waals surface area contributed by atoms with Crippen LogP contribution < -0.4 is 0 Å². The molecule has 1 aromatic carbocycles. The minimum atomic E-state index is -0.948. The van der Waals surface area contributed by atoms with Gasteiger partial charge in [0.05, 0.1) is 16.6 Å². The monoisotopic (exact) mass is 276 g/mol. The van der Waals surface area contributed by atoms with Gasteiger partial charge in [-0.1, -0.05) is 13.8 Å². The third kappa shape index (κ3) is 2.54. The summed E-state index contributed by atoms with van der Waals surface area (Å²) < 4.78 is 2.10. The first-order chi connectivity index (χ1) is 9.45. The molecule has 0 bridgehead atoms. The summed E-state index contributed by atoms with van der Waals surface area (Å²) in [6.45, 7) is 6.27. The fourth-order valence-electron chi connectivity index (χ4n) is 2.44. The van der Waals surface area contributed by atoms with Crippen LogP contribution in [0, 0.1) is 0 Å². The molecular formula is C15H20N2O3. The van der Waals surface area contributed by atoms with Crippen LogP contribution in [0.3, 0.4) is 0 Å². The maximum absolute atomic E-state index is 11.0. The number of aromatic nitrogens is 2. The van der Waals surface area contributed by atoms with Crippen LogP contribution in [0.5, 0.6) is 0 Å². The highest BCUT2D eigenvalue weighted by molar-refractivity contribution is 5.92. The average Bonchev–Trinajstić information content (AvgIpc) is 2.77. The van der Waals surface area contributed by atoms with Gasteiger partial charge in [-0.05, 0) is 31.5 Å². The van der Waals surface area contributed by atoms with Crippen LogP contribution in [0.25, 0.3) is 11.0 Å². The van der Waals surface area contributed by atoms with Crippen molar-refractivity contribution in [1.29, 1.82) is 0 Å². The highest BCUT2D eigenvalue weighted by atomic mass is 16.4. The van der Waals surface area contributed by atoms with E-state index in [1.54, 1.807) is 18.2 Å². The zero-order valence-corrected chi connectivity index (χ0v) is 12.0. The predicted molar refractivity (Wildman–Crippen MR) is 77.2 cm³/mol. The summed E-state index contributed by atoms with van der Waals surface area (Å²) in [4.78, 5) is 15.6. The lowest BCUT2D eigenvalue weighted by atomic mass is 10.1. The molecule has 5 nitrogen and oxygen atoms in total. The van der Waals surface area contributed by atoms with Crippen LogP contribution in [0.1, 0.15) is 55.3 Å². The van der Waals surface area contributed by atoms with Gasteiger partial charge in [-0.15, -0.1) is 0 Å². The molecule has 2 aromatic rings. The summed E-state index contributed by atoms with van der Waals surface area (Å²) in [6, 6.07) is 5.12. The Kier molecular flexibility index (Phi) is 4.09. The molecule has 0 aliphatic carbocycles. The van der Waals surface area contributed by atoms with Crippen molar-refractivity contribution in [1.82, 2.24) is 9.55 Å². The van der Waals surface area contributed by atoms with Gasteiger partial charge in [0.2, 0.25) is 0 Å². The third-order valence-corrected chi connectivity index (χ3v) is 3.47. The largest absolute Gasteiger partial charge is 0.478 e. The number of carbonyl (C=O) groups is 1. The molecule has 5 heteroatoms. The second-order valence-electron chi connectivity index (χ2n) is 5.36. The van der Waals surface area contributed by atoms with Crippen LogP contribution in [-0.2, 0) is 0 Å². The number of aliphatic hydroxyl groups is 1. The second kappa shape index (κ2) is 5.63. The molecule has 20 heavy (non-hydrogen) atoms. The van der Waals surface area contributed by atoms with E-state index in [-0.39, 0.29) is 24.1 Å². The highest BCUT2D eigenvalue weighted by Gasteiger charge is 2.18. The fourth-order valence-corrected chi connectivity index (χ4v) is 2.44. The summed E-state index contributed by atoms with van der Waals surface area (Å²) in [7, 11) is 0. The molecule has 1 unspecified atom stereocenters. The number of rotatable bonds is 5. The molecule has 108 valence electrons. The van der Waals surface area contributed by atoms with E-state index in [0.717, 1.165) is 11.3 Å². The smallest absolute Gasteiger partial charge is 0.335 e. The van der Waals surface area contributed by atoms with Gasteiger partial charge in [-0.3, -0.25) is 0 Å². The quantitative estimate of drug-likeness (QED) is 0.880. The summed E-state index contributed by atoms with van der Waals surface area (Å²) in [5.41, 5.74) is 1.85. The summed E-state index contributed by atoms with van der Waals surface area (Å²) >= 11 is 0. The standard InChI is InChI=1S/C15H20N2O3/c1-9(2)14-16-12-8-11(15(19)20)4-5-13(12)17(14)10(3)6-7-18/h4-5,8-10,18H,6-7H2,1-3H3,(H,19,20). The zero-order chi connectivity index (χ0) is 14.9. The van der Waals surface area contributed by atoms with Gasteiger partial charge in [-0.2, -0.15) is 0 Å². The maximum atomic E-state index is 11.0. The molecule has 1 heterocycles. The van der Waals surface area contributed by atoms with Gasteiger partial charge < -0.3 is 14.8 Å². The Bertz CT molecular complexity index is 631. The Morgan fingerprint density at radius 3 is 2.60 bits per heavy atom. The SMILES string of the molecule is CC(C)c1nc2cc(C(=O)O)ccc2n1C(C)CCO. The van der Waals surface area contributed by atoms with Gasteiger partial charge in [0, 0.05) is 18.6 Å². The molecule has 0 spiro atoms. The van der Waals surface area contributed by atoms with Crippen LogP contribution in [0.4, 0.5) is 0 Å². The van der Waals surface area contributed by atoms with E-state index < -0.39 is 5.97 Å². The number of carboxylic acids is 1. The molecule has 0 aliphatic rings. The number of aromatic carboxylic acids is 1. The van der Waals surface area contributed by atoms with E-state index in [0.29, 0.717) is 11.9 Å². The lowest BCUT2D eigenvalue weighted by Gasteiger charge is -2.18. The van der Waals surface area contributed by atoms with Crippen molar-refractivity contribution in [3.8, 4) is 0 Å². The molecule has 0 amide bonds. The molecule has 1 aromatic heterocycles. The minimum Gasteiger partial charge on any atom is -0.478 e. The lowest BCUT2D eigenvalue weighted by molar-refractivity contribution is 0.0697. The Labute approximate surface area is 117 Å². The third-order valence-electron chi connectivity index (χ3n) is 3.47. The number of hydrogen-bond acceptors (Lipinski definition) is 3. The minimum absolute atomic E-state index is 0.117. The molecule has 0 aliphatic heterocycles. The maximum Gasteiger partial charge on any atom is 0.335 e. The van der Waals surface area contributed by atoms with Gasteiger partial charge in [0.25, 0.3) is 0 Å². The molecule has 2 N–H and O–H groups in total. The number of imidazole rings is 1. The van der Waals surface area contributed by atoms with Crippen molar-refractivity contribution in [3.63, 3.8) is 0 Å². The van der Waals surface area contributed by atoms with Crippen molar-refractivity contribution in [2.24, 2.45) is 0 Å². The molecule has 0 radical (unpaired) electrons. The molecular weight excluding hydrogens is 256 g/mol. The topological polar surface area (TPSA) is 75.3 Å². The van der Waals surface area contributed by atoms with Gasteiger partial charge in [0.15, 0.2) is 0 Å². The number of aliphatic hydroxyl groups excluding tert-OH is 1. The van der Waals surface area contributed by atoms with E-state index >= 15 is 0 Å². The highest BCUT2D eigenvalue weighted by Crippen LogP contribution is 2.27. The van der Waals surface area contributed by atoms with Crippen molar-refractivity contribution >= 4 is 17.0 Å². The Balaban J connectivity index is 2.63. The van der Waals surface area contributed by atoms with Gasteiger partial charge >= 0.3 is 5.97 Å². The Morgan fingerprint density at radius 2 is 2.05 bits per heavy atom. The number of fused-ring (bicyclic) bond motifs is 1. The molecule has 2 rings (SSSR count). The average molecular weight is 276 g/mol. The molecule has 0 saturated heterocycles. The van der Waals surface area contributed by atoms with Crippen molar-refractivity contribution < 1.29 is 15.0 Å². The fraction of sp³-hybridized carbons (Fsp3) is 0.467. The van der Waals surface area contributed by atoms with Crippen LogP contribution >= 0.6 is 0 Å². The first-order valence-electron chi connectivity index (χ1n) is 6.81. The molecule has 1 atom stereocenters. The second-order valence-corrected chi connectivity index (χ2v) is 5.36. The van der Waals surface area contributed by atoms with Crippen LogP contribution in [0.15, 0.2) is 18.2 Å². The van der Waals surface area contributed by atoms with E-state index in [1.807, 2.05) is 6.92 Å². The van der Waals surface area contributed by atoms with E-state index in [9.17, 15) is 4.79 Å². The van der Waals surface area contributed by atoms with Crippen molar-refractivity contribution in [2.45, 2.75) is 39.2 Å². The van der Waals surface area contributed by atoms with Crippen LogP contribution in [0.2, 0.25) is 0 Å². The number of nitrogens with zero attached hydrogens (tertiary/aromatic N) is 2. The van der Waals surface area contributed by atoms with Crippen molar-refractivity contribution in [2.75, 3.05) is 6.61 Å². The molecule has 0 saturated carbocycles. The Hall–Kier alpha value is -1.88. The first-order valence-corrected chi connectivity index (χ1v) is 6.81. The normalized spacial score (nSPS) is 13.1. The predicted octanol–water partition coefficient (Wildman–Crippen LogP) is 2.80. The van der Waals surface area contributed by atoms with Gasteiger partial charge in [-0.25, -0.2) is 9.78 Å². The Morgan fingerprint density at radius 1 is 1.35 bits per heavy atom. The number of carboxylic acid groups (broad SMARTS) is 1. The summed E-state index contributed by atoms with van der Waals surface area (Å²) in [5.74, 6) is 0.205. The lowest BCUT2D eigenvalue weighted by Crippen LogP contribution is -2.12. The van der Waals surface area contributed by atoms with E-state index in [1.165, 1.54) is 0 Å². The summed E-state index contributed by atoms with van der Waals surface area (Å²) in [5, 5.41) is 18.2. The summed E-state index contributed by atoms with van der Waals surface area (Å²) in [6.07, 6.45) is 0.645. The first kappa shape index (κ1) is 14.5. The zero-order valence-electron chi connectivity index (χ0n) is 12.0. The van der Waals surface area contributed by atoms with Crippen LogP contribution in [-0.4, -0.2) is 32.3 Å². The number of hydrogen-bond donors (Lipinski definition) is 2. The van der Waals surface area contributed by atoms with E-state index in [2.05, 4.69) is 23.4 Å². The molecule has 0 fully saturated rings. The number of benzene rings is 1.